The summed E-state index contributed by atoms with van der Waals surface area (Å²) in [7, 11) is 0. The Bertz CT molecular complexity index is 642. The predicted octanol–water partition coefficient (Wildman–Crippen LogP) is 4.62. The van der Waals surface area contributed by atoms with Gasteiger partial charge in [-0.15, -0.1) is 11.3 Å². The minimum atomic E-state index is -0.328. The first-order valence-corrected chi connectivity index (χ1v) is 8.33. The first-order valence-electron chi connectivity index (χ1n) is 7.51. The number of nitrogens with two attached hydrogens (primary N) is 1. The van der Waals surface area contributed by atoms with E-state index in [1.165, 1.54) is 6.07 Å². The summed E-state index contributed by atoms with van der Waals surface area (Å²) in [5.74, 6) is 0.523. The van der Waals surface area contributed by atoms with Crippen LogP contribution in [0.2, 0.25) is 0 Å². The van der Waals surface area contributed by atoms with Crippen molar-refractivity contribution in [2.24, 2.45) is 11.7 Å². The number of nitrogens with zero attached hydrogens (tertiary/aromatic N) is 1. The van der Waals surface area contributed by atoms with Crippen molar-refractivity contribution in [3.63, 3.8) is 0 Å². The smallest absolute Gasteiger partial charge is 0.132 e. The second kappa shape index (κ2) is 5.50. The van der Waals surface area contributed by atoms with Crippen molar-refractivity contribution in [1.29, 1.82) is 0 Å². The Morgan fingerprint density at radius 3 is 2.62 bits per heavy atom. The van der Waals surface area contributed by atoms with Crippen LogP contribution in [0.3, 0.4) is 0 Å². The van der Waals surface area contributed by atoms with Crippen LogP contribution in [0.4, 0.5) is 4.39 Å². The van der Waals surface area contributed by atoms with Crippen LogP contribution in [0, 0.1) is 18.7 Å². The molecule has 2 nitrogen and oxygen atoms in total. The van der Waals surface area contributed by atoms with Crippen molar-refractivity contribution in [2.45, 2.75) is 45.1 Å². The monoisotopic (exact) mass is 304 g/mol. The summed E-state index contributed by atoms with van der Waals surface area (Å²) in [6, 6.07) is 6.81. The SMILES string of the molecule is Cc1sc(C2(N)CCC(C)CC2)nc1-c1ccccc1F. The van der Waals surface area contributed by atoms with Gasteiger partial charge in [0, 0.05) is 10.4 Å². The topological polar surface area (TPSA) is 38.9 Å². The summed E-state index contributed by atoms with van der Waals surface area (Å²) in [6.45, 7) is 4.27. The van der Waals surface area contributed by atoms with Gasteiger partial charge in [-0.2, -0.15) is 0 Å². The molecular weight excluding hydrogens is 283 g/mol. The molecule has 0 atom stereocenters. The van der Waals surface area contributed by atoms with Crippen molar-refractivity contribution in [3.8, 4) is 11.3 Å². The van der Waals surface area contributed by atoms with Crippen LogP contribution in [0.5, 0.6) is 0 Å². The number of halogens is 1. The van der Waals surface area contributed by atoms with Gasteiger partial charge in [0.15, 0.2) is 0 Å². The largest absolute Gasteiger partial charge is 0.319 e. The molecule has 1 heterocycles. The quantitative estimate of drug-likeness (QED) is 0.879. The third-order valence-electron chi connectivity index (χ3n) is 4.52. The molecule has 0 amide bonds. The number of aryl methyl sites for hydroxylation is 1. The van der Waals surface area contributed by atoms with Gasteiger partial charge in [0.05, 0.1) is 11.2 Å². The maximum atomic E-state index is 14.0. The van der Waals surface area contributed by atoms with E-state index < -0.39 is 0 Å². The van der Waals surface area contributed by atoms with Crippen LogP contribution in [0.1, 0.15) is 42.5 Å². The van der Waals surface area contributed by atoms with E-state index in [2.05, 4.69) is 6.92 Å². The van der Waals surface area contributed by atoms with E-state index in [9.17, 15) is 4.39 Å². The molecule has 1 saturated carbocycles. The van der Waals surface area contributed by atoms with Gasteiger partial charge in [-0.1, -0.05) is 19.1 Å². The molecule has 112 valence electrons. The van der Waals surface area contributed by atoms with Crippen LogP contribution in [0.15, 0.2) is 24.3 Å². The molecule has 1 fully saturated rings. The standard InChI is InChI=1S/C17H21FN2S/c1-11-7-9-17(19,10-8-11)16-20-15(12(2)21-16)13-5-3-4-6-14(13)18/h3-6,11H,7-10,19H2,1-2H3. The fraction of sp³-hybridized carbons (Fsp3) is 0.471. The van der Waals surface area contributed by atoms with E-state index in [1.807, 2.05) is 13.0 Å². The van der Waals surface area contributed by atoms with Gasteiger partial charge in [0.1, 0.15) is 10.8 Å². The van der Waals surface area contributed by atoms with Crippen molar-refractivity contribution >= 4 is 11.3 Å². The van der Waals surface area contributed by atoms with Crippen LogP contribution in [0.25, 0.3) is 11.3 Å². The summed E-state index contributed by atoms with van der Waals surface area (Å²) in [4.78, 5) is 5.76. The van der Waals surface area contributed by atoms with Crippen LogP contribution in [-0.2, 0) is 5.54 Å². The number of aromatic nitrogens is 1. The lowest BCUT2D eigenvalue weighted by atomic mass is 9.78. The Morgan fingerprint density at radius 2 is 1.95 bits per heavy atom. The van der Waals surface area contributed by atoms with Gasteiger partial charge in [-0.05, 0) is 50.7 Å². The molecule has 2 aromatic rings. The van der Waals surface area contributed by atoms with Crippen LogP contribution < -0.4 is 5.73 Å². The molecule has 0 aliphatic heterocycles. The summed E-state index contributed by atoms with van der Waals surface area (Å²) in [5.41, 5.74) is 7.59. The number of benzene rings is 1. The van der Waals surface area contributed by atoms with E-state index in [4.69, 9.17) is 10.7 Å². The second-order valence-corrected chi connectivity index (χ2v) is 7.45. The number of rotatable bonds is 2. The molecule has 1 aromatic heterocycles. The van der Waals surface area contributed by atoms with E-state index >= 15 is 0 Å². The molecule has 0 saturated heterocycles. The van der Waals surface area contributed by atoms with Gasteiger partial charge in [-0.25, -0.2) is 9.37 Å². The van der Waals surface area contributed by atoms with E-state index in [0.29, 0.717) is 5.56 Å². The summed E-state index contributed by atoms with van der Waals surface area (Å²) in [6.07, 6.45) is 4.23. The Kier molecular flexibility index (Phi) is 3.84. The van der Waals surface area contributed by atoms with Gasteiger partial charge in [0.25, 0.3) is 0 Å². The zero-order chi connectivity index (χ0) is 15.0. The lowest BCUT2D eigenvalue weighted by Gasteiger charge is -2.34. The van der Waals surface area contributed by atoms with Gasteiger partial charge in [0.2, 0.25) is 0 Å². The summed E-state index contributed by atoms with van der Waals surface area (Å²) >= 11 is 1.62. The Labute approximate surface area is 129 Å². The Balaban J connectivity index is 1.97. The highest BCUT2D eigenvalue weighted by atomic mass is 32.1. The van der Waals surface area contributed by atoms with Gasteiger partial charge in [-0.3, -0.25) is 0 Å². The van der Waals surface area contributed by atoms with Gasteiger partial charge < -0.3 is 5.73 Å². The van der Waals surface area contributed by atoms with Gasteiger partial charge >= 0.3 is 0 Å². The van der Waals surface area contributed by atoms with Crippen LogP contribution in [-0.4, -0.2) is 4.98 Å². The number of thiazole rings is 1. The zero-order valence-electron chi connectivity index (χ0n) is 12.5. The second-order valence-electron chi connectivity index (χ2n) is 6.24. The van der Waals surface area contributed by atoms with Crippen molar-refractivity contribution in [3.05, 3.63) is 40.0 Å². The van der Waals surface area contributed by atoms with Crippen molar-refractivity contribution < 1.29 is 4.39 Å². The molecule has 1 aliphatic rings. The molecular formula is C17H21FN2S. The predicted molar refractivity (Wildman–Crippen MR) is 85.7 cm³/mol. The highest BCUT2D eigenvalue weighted by molar-refractivity contribution is 7.12. The molecule has 0 bridgehead atoms. The fourth-order valence-corrected chi connectivity index (χ4v) is 4.09. The molecule has 0 radical (unpaired) electrons. The third-order valence-corrected chi connectivity index (χ3v) is 5.71. The average molecular weight is 304 g/mol. The zero-order valence-corrected chi connectivity index (χ0v) is 13.3. The average Bonchev–Trinajstić information content (AvgIpc) is 2.86. The fourth-order valence-electron chi connectivity index (χ4n) is 3.00. The molecule has 4 heteroatoms. The molecule has 21 heavy (non-hydrogen) atoms. The minimum Gasteiger partial charge on any atom is -0.319 e. The lowest BCUT2D eigenvalue weighted by Crippen LogP contribution is -2.40. The van der Waals surface area contributed by atoms with E-state index in [-0.39, 0.29) is 11.4 Å². The first kappa shape index (κ1) is 14.7. The molecule has 2 N–H and O–H groups in total. The first-order chi connectivity index (χ1) is 9.99. The highest BCUT2D eigenvalue weighted by Gasteiger charge is 2.35. The van der Waals surface area contributed by atoms with Crippen LogP contribution >= 0.6 is 11.3 Å². The highest BCUT2D eigenvalue weighted by Crippen LogP contribution is 2.41. The van der Waals surface area contributed by atoms with Crippen molar-refractivity contribution in [1.82, 2.24) is 4.98 Å². The summed E-state index contributed by atoms with van der Waals surface area (Å²) in [5, 5.41) is 0.963. The molecule has 0 unspecified atom stereocenters. The lowest BCUT2D eigenvalue weighted by molar-refractivity contribution is 0.247. The maximum absolute atomic E-state index is 14.0. The number of hydrogen-bond donors (Lipinski definition) is 1. The molecule has 3 rings (SSSR count). The third kappa shape index (κ3) is 2.74. The minimum absolute atomic E-state index is 0.221. The van der Waals surface area contributed by atoms with Crippen molar-refractivity contribution in [2.75, 3.05) is 0 Å². The molecule has 0 spiro atoms. The Morgan fingerprint density at radius 1 is 1.29 bits per heavy atom. The van der Waals surface area contributed by atoms with E-state index in [1.54, 1.807) is 23.5 Å². The normalized spacial score (nSPS) is 26.0. The van der Waals surface area contributed by atoms with E-state index in [0.717, 1.165) is 47.2 Å². The maximum Gasteiger partial charge on any atom is 0.132 e. The molecule has 1 aliphatic carbocycles. The molecule has 1 aromatic carbocycles. The Hall–Kier alpha value is -1.26. The summed E-state index contributed by atoms with van der Waals surface area (Å²) < 4.78 is 14.0. The number of hydrogen-bond acceptors (Lipinski definition) is 3.